The predicted molar refractivity (Wildman–Crippen MR) is 59.6 cm³/mol. The molecule has 0 aromatic heterocycles. The van der Waals surface area contributed by atoms with Crippen molar-refractivity contribution in [2.75, 3.05) is 13.6 Å². The van der Waals surface area contributed by atoms with Gasteiger partial charge < -0.3 is 4.90 Å². The normalized spacial score (nSPS) is 35.7. The number of amidine groups is 1. The van der Waals surface area contributed by atoms with E-state index >= 15 is 0 Å². The highest BCUT2D eigenvalue weighted by Crippen LogP contribution is 2.44. The van der Waals surface area contributed by atoms with Crippen molar-refractivity contribution in [1.29, 1.82) is 5.41 Å². The second-order valence-corrected chi connectivity index (χ2v) is 5.24. The molecule has 0 spiro atoms. The van der Waals surface area contributed by atoms with E-state index in [1.807, 2.05) is 6.92 Å². The molecular weight excluding hydrogens is 172 g/mol. The van der Waals surface area contributed by atoms with E-state index in [0.29, 0.717) is 5.84 Å². The fraction of sp³-hybridized carbons (Fsp3) is 0.917. The number of fused-ring (bicyclic) bond motifs is 3. The standard InChI is InChI=1S/C12H22N2/c1-9(13)14(2)8-12-7-10-3-5-11(12)6-4-10/h10-13H,3-8H2,1-2H3. The lowest BCUT2D eigenvalue weighted by molar-refractivity contribution is 0.0860. The fourth-order valence-corrected chi connectivity index (χ4v) is 3.23. The highest BCUT2D eigenvalue weighted by molar-refractivity contribution is 5.75. The van der Waals surface area contributed by atoms with Gasteiger partial charge in [0.15, 0.2) is 0 Å². The first kappa shape index (κ1) is 10.0. The maximum Gasteiger partial charge on any atom is 0.0923 e. The van der Waals surface area contributed by atoms with E-state index in [2.05, 4.69) is 11.9 Å². The molecule has 3 aliphatic carbocycles. The molecule has 3 aliphatic rings. The summed E-state index contributed by atoms with van der Waals surface area (Å²) in [4.78, 5) is 2.12. The van der Waals surface area contributed by atoms with Crippen LogP contribution in [0.2, 0.25) is 0 Å². The predicted octanol–water partition coefficient (Wildman–Crippen LogP) is 2.74. The average Bonchev–Trinajstić information content (AvgIpc) is 2.19. The molecule has 0 aromatic rings. The molecular formula is C12H22N2. The van der Waals surface area contributed by atoms with Gasteiger partial charge in [0, 0.05) is 13.6 Å². The van der Waals surface area contributed by atoms with Gasteiger partial charge in [-0.05, 0) is 43.9 Å². The fourth-order valence-electron chi connectivity index (χ4n) is 3.23. The van der Waals surface area contributed by atoms with Crippen molar-refractivity contribution in [3.05, 3.63) is 0 Å². The lowest BCUT2D eigenvalue weighted by atomic mass is 9.64. The highest BCUT2D eigenvalue weighted by atomic mass is 15.1. The summed E-state index contributed by atoms with van der Waals surface area (Å²) in [6.45, 7) is 3.01. The van der Waals surface area contributed by atoms with Crippen molar-refractivity contribution in [2.45, 2.75) is 39.0 Å². The van der Waals surface area contributed by atoms with Crippen LogP contribution in [0, 0.1) is 23.2 Å². The monoisotopic (exact) mass is 194 g/mol. The summed E-state index contributed by atoms with van der Waals surface area (Å²) >= 11 is 0. The van der Waals surface area contributed by atoms with Crippen molar-refractivity contribution in [3.63, 3.8) is 0 Å². The van der Waals surface area contributed by atoms with Crippen LogP contribution in [-0.2, 0) is 0 Å². The maximum atomic E-state index is 7.58. The second-order valence-electron chi connectivity index (χ2n) is 5.24. The molecule has 1 unspecified atom stereocenters. The van der Waals surface area contributed by atoms with Crippen LogP contribution in [0.15, 0.2) is 0 Å². The molecule has 3 fully saturated rings. The SMILES string of the molecule is CC(=N)N(C)CC1CC2CCC1CC2. The minimum absolute atomic E-state index is 0.714. The van der Waals surface area contributed by atoms with Gasteiger partial charge in [-0.3, -0.25) is 5.41 Å². The van der Waals surface area contributed by atoms with Crippen LogP contribution in [0.25, 0.3) is 0 Å². The second kappa shape index (κ2) is 3.92. The summed E-state index contributed by atoms with van der Waals surface area (Å²) in [5.41, 5.74) is 0. The van der Waals surface area contributed by atoms with Crippen molar-refractivity contribution in [2.24, 2.45) is 17.8 Å². The highest BCUT2D eigenvalue weighted by Gasteiger charge is 2.35. The summed E-state index contributed by atoms with van der Waals surface area (Å²) in [6, 6.07) is 0. The molecule has 3 saturated carbocycles. The molecule has 2 bridgehead atoms. The molecule has 80 valence electrons. The Labute approximate surface area is 87.2 Å². The number of nitrogens with zero attached hydrogens (tertiary/aromatic N) is 1. The molecule has 2 heteroatoms. The number of hydrogen-bond donors (Lipinski definition) is 1. The Morgan fingerprint density at radius 2 is 1.93 bits per heavy atom. The van der Waals surface area contributed by atoms with Gasteiger partial charge in [0.25, 0.3) is 0 Å². The Kier molecular flexibility index (Phi) is 2.80. The van der Waals surface area contributed by atoms with Crippen LogP contribution in [-0.4, -0.2) is 24.3 Å². The van der Waals surface area contributed by atoms with Crippen molar-refractivity contribution in [3.8, 4) is 0 Å². The van der Waals surface area contributed by atoms with E-state index in [-0.39, 0.29) is 0 Å². The van der Waals surface area contributed by atoms with E-state index in [0.717, 1.165) is 24.3 Å². The molecule has 0 saturated heterocycles. The van der Waals surface area contributed by atoms with Crippen LogP contribution >= 0.6 is 0 Å². The van der Waals surface area contributed by atoms with Crippen LogP contribution in [0.4, 0.5) is 0 Å². The third-order valence-corrected chi connectivity index (χ3v) is 4.28. The first-order valence-electron chi connectivity index (χ1n) is 5.93. The third-order valence-electron chi connectivity index (χ3n) is 4.28. The van der Waals surface area contributed by atoms with Gasteiger partial charge >= 0.3 is 0 Å². The Balaban J connectivity index is 1.89. The molecule has 0 amide bonds. The van der Waals surface area contributed by atoms with Crippen LogP contribution in [0.3, 0.4) is 0 Å². The largest absolute Gasteiger partial charge is 0.364 e. The van der Waals surface area contributed by atoms with Crippen LogP contribution in [0.1, 0.15) is 39.0 Å². The quantitative estimate of drug-likeness (QED) is 0.531. The van der Waals surface area contributed by atoms with Crippen molar-refractivity contribution < 1.29 is 0 Å². The van der Waals surface area contributed by atoms with Crippen molar-refractivity contribution in [1.82, 2.24) is 4.90 Å². The van der Waals surface area contributed by atoms with Crippen LogP contribution < -0.4 is 0 Å². The van der Waals surface area contributed by atoms with Crippen LogP contribution in [0.5, 0.6) is 0 Å². The van der Waals surface area contributed by atoms with Gasteiger partial charge in [0.1, 0.15) is 0 Å². The molecule has 1 N–H and O–H groups in total. The Morgan fingerprint density at radius 3 is 2.36 bits per heavy atom. The zero-order chi connectivity index (χ0) is 10.1. The van der Waals surface area contributed by atoms with Gasteiger partial charge in [0.05, 0.1) is 5.84 Å². The number of rotatable bonds is 2. The first-order chi connectivity index (χ1) is 6.66. The topological polar surface area (TPSA) is 27.1 Å². The van der Waals surface area contributed by atoms with E-state index in [9.17, 15) is 0 Å². The van der Waals surface area contributed by atoms with Gasteiger partial charge in [-0.25, -0.2) is 0 Å². The number of nitrogens with one attached hydrogen (secondary N) is 1. The molecule has 14 heavy (non-hydrogen) atoms. The maximum absolute atomic E-state index is 7.58. The first-order valence-corrected chi connectivity index (χ1v) is 5.93. The summed E-state index contributed by atoms with van der Waals surface area (Å²) in [7, 11) is 2.06. The summed E-state index contributed by atoms with van der Waals surface area (Å²) < 4.78 is 0. The molecule has 0 radical (unpaired) electrons. The van der Waals surface area contributed by atoms with E-state index in [1.165, 1.54) is 32.1 Å². The summed E-state index contributed by atoms with van der Waals surface area (Å²) in [5, 5.41) is 7.58. The van der Waals surface area contributed by atoms with Crippen molar-refractivity contribution >= 4 is 5.84 Å². The van der Waals surface area contributed by atoms with E-state index < -0.39 is 0 Å². The third kappa shape index (κ3) is 1.94. The van der Waals surface area contributed by atoms with E-state index in [1.54, 1.807) is 0 Å². The molecule has 2 nitrogen and oxygen atoms in total. The summed E-state index contributed by atoms with van der Waals surface area (Å²) in [6.07, 6.45) is 7.31. The molecule has 0 heterocycles. The average molecular weight is 194 g/mol. The minimum Gasteiger partial charge on any atom is -0.364 e. The Bertz CT molecular complexity index is 216. The zero-order valence-electron chi connectivity index (χ0n) is 9.42. The lowest BCUT2D eigenvalue weighted by Gasteiger charge is -2.43. The smallest absolute Gasteiger partial charge is 0.0923 e. The number of hydrogen-bond acceptors (Lipinski definition) is 1. The minimum atomic E-state index is 0.714. The molecule has 3 rings (SSSR count). The summed E-state index contributed by atoms with van der Waals surface area (Å²) in [5.74, 6) is 3.59. The molecule has 0 aliphatic heterocycles. The van der Waals surface area contributed by atoms with Gasteiger partial charge in [0.2, 0.25) is 0 Å². The Hall–Kier alpha value is -0.530. The van der Waals surface area contributed by atoms with Gasteiger partial charge in [-0.2, -0.15) is 0 Å². The molecule has 0 aromatic carbocycles. The van der Waals surface area contributed by atoms with E-state index in [4.69, 9.17) is 5.41 Å². The Morgan fingerprint density at radius 1 is 1.29 bits per heavy atom. The molecule has 1 atom stereocenters. The van der Waals surface area contributed by atoms with Gasteiger partial charge in [-0.1, -0.05) is 12.8 Å². The lowest BCUT2D eigenvalue weighted by Crippen LogP contribution is -2.39. The van der Waals surface area contributed by atoms with Gasteiger partial charge in [-0.15, -0.1) is 0 Å². The zero-order valence-corrected chi connectivity index (χ0v) is 9.42.